The minimum Gasteiger partial charge on any atom is -0.390 e. The Bertz CT molecular complexity index is 199. The van der Waals surface area contributed by atoms with Gasteiger partial charge < -0.3 is 13.9 Å². The molecule has 0 amide bonds. The van der Waals surface area contributed by atoms with Crippen LogP contribution >= 0.6 is 11.6 Å². The molecule has 0 aromatic rings. The summed E-state index contributed by atoms with van der Waals surface area (Å²) in [4.78, 5) is 0. The van der Waals surface area contributed by atoms with Crippen molar-refractivity contribution in [2.45, 2.75) is 43.5 Å². The molecule has 0 N–H and O–H groups in total. The number of methoxy groups -OCH3 is 2. The van der Waals surface area contributed by atoms with Crippen molar-refractivity contribution in [3.63, 3.8) is 0 Å². The van der Waals surface area contributed by atoms with E-state index in [-0.39, 0.29) is 5.60 Å². The van der Waals surface area contributed by atoms with Crippen molar-refractivity contribution < 1.29 is 13.9 Å². The summed E-state index contributed by atoms with van der Waals surface area (Å²) in [7, 11) is 6.47. The first-order valence-corrected chi connectivity index (χ1v) is 6.15. The summed E-state index contributed by atoms with van der Waals surface area (Å²) in [6.45, 7) is 0. The molecule has 0 aliphatic heterocycles. The fourth-order valence-corrected chi connectivity index (χ4v) is 3.03. The zero-order chi connectivity index (χ0) is 11.4. The Kier molecular flexibility index (Phi) is 5.06. The van der Waals surface area contributed by atoms with Gasteiger partial charge in [0.15, 0.2) is 5.79 Å². The van der Waals surface area contributed by atoms with Crippen LogP contribution in [0.25, 0.3) is 0 Å². The van der Waals surface area contributed by atoms with E-state index in [9.17, 15) is 0 Å². The zero-order valence-electron chi connectivity index (χ0n) is 9.35. The van der Waals surface area contributed by atoms with Gasteiger partial charge in [0.05, 0.1) is 0 Å². The third kappa shape index (κ3) is 2.24. The van der Waals surface area contributed by atoms with Crippen LogP contribution in [-0.4, -0.2) is 42.0 Å². The van der Waals surface area contributed by atoms with Crippen molar-refractivity contribution in [2.75, 3.05) is 20.1 Å². The number of rotatable bonds is 6. The molecule has 15 heavy (non-hydrogen) atoms. The van der Waals surface area contributed by atoms with E-state index < -0.39 is 5.79 Å². The average Bonchev–Trinajstić information content (AvgIpc) is 2.66. The fraction of sp³-hybridized carbons (Fsp3) is 1.00. The highest BCUT2D eigenvalue weighted by Crippen LogP contribution is 2.47. The molecule has 2 atom stereocenters. The monoisotopic (exact) mass is 249 g/mol. The Morgan fingerprint density at radius 2 is 2.00 bits per heavy atom. The molecule has 5 heteroatoms. The second-order valence-corrected chi connectivity index (χ2v) is 4.49. The van der Waals surface area contributed by atoms with Gasteiger partial charge in [-0.05, 0) is 25.7 Å². The Balaban J connectivity index is 2.84. The van der Waals surface area contributed by atoms with Gasteiger partial charge in [0, 0.05) is 26.5 Å². The normalized spacial score (nSPS) is 36.0. The summed E-state index contributed by atoms with van der Waals surface area (Å²) >= 11 is 5.73. The zero-order valence-corrected chi connectivity index (χ0v) is 11.1. The number of alkyl halides is 1. The molecule has 3 nitrogen and oxygen atoms in total. The van der Waals surface area contributed by atoms with Crippen LogP contribution in [0.5, 0.6) is 0 Å². The van der Waals surface area contributed by atoms with Crippen molar-refractivity contribution in [2.24, 2.45) is 0 Å². The molecule has 1 aliphatic rings. The molecule has 1 fully saturated rings. The van der Waals surface area contributed by atoms with Gasteiger partial charge in [0.25, 0.3) is 0 Å². The lowest BCUT2D eigenvalue weighted by molar-refractivity contribution is -0.266. The van der Waals surface area contributed by atoms with Crippen molar-refractivity contribution in [1.82, 2.24) is 0 Å². The summed E-state index contributed by atoms with van der Waals surface area (Å²) in [6.07, 6.45) is 4.57. The van der Waals surface area contributed by atoms with Gasteiger partial charge in [-0.15, -0.1) is 11.6 Å². The number of hydrogen-bond acceptors (Lipinski definition) is 3. The van der Waals surface area contributed by atoms with E-state index in [0.29, 0.717) is 5.88 Å². The first kappa shape index (κ1) is 13.5. The second kappa shape index (κ2) is 5.64. The summed E-state index contributed by atoms with van der Waals surface area (Å²) in [5, 5.41) is 0. The molecule has 0 spiro atoms. The maximum absolute atomic E-state index is 5.73. The quantitative estimate of drug-likeness (QED) is 0.410. The van der Waals surface area contributed by atoms with Crippen molar-refractivity contribution in [3.05, 3.63) is 0 Å². The average molecular weight is 250 g/mol. The predicted molar refractivity (Wildman–Crippen MR) is 60.1 cm³/mol. The Morgan fingerprint density at radius 3 is 2.47 bits per heavy atom. The smallest absolute Gasteiger partial charge is 0.250 e. The molecule has 3 radical (unpaired) electrons. The molecule has 0 saturated heterocycles. The molecule has 0 aromatic carbocycles. The van der Waals surface area contributed by atoms with Crippen molar-refractivity contribution >= 4 is 22.1 Å². The summed E-state index contributed by atoms with van der Waals surface area (Å²) in [5.41, 5.74) is -0.377. The SMILES string of the molecule is COC1(CCCCl)CCCC1(OC)O[Si]. The van der Waals surface area contributed by atoms with Crippen LogP contribution in [-0.2, 0) is 13.9 Å². The summed E-state index contributed by atoms with van der Waals surface area (Å²) in [6, 6.07) is 0. The largest absolute Gasteiger partial charge is 0.390 e. The van der Waals surface area contributed by atoms with Crippen LogP contribution in [0.1, 0.15) is 32.1 Å². The molecular formula is C10H18ClO3Si. The summed E-state index contributed by atoms with van der Waals surface area (Å²) < 4.78 is 16.5. The maximum atomic E-state index is 5.73. The van der Waals surface area contributed by atoms with Crippen LogP contribution in [0, 0.1) is 0 Å². The van der Waals surface area contributed by atoms with E-state index in [0.717, 1.165) is 32.1 Å². The van der Waals surface area contributed by atoms with Crippen LogP contribution in [0.3, 0.4) is 0 Å². The topological polar surface area (TPSA) is 27.7 Å². The van der Waals surface area contributed by atoms with Crippen LogP contribution in [0.2, 0.25) is 0 Å². The van der Waals surface area contributed by atoms with Gasteiger partial charge in [0.2, 0.25) is 10.5 Å². The third-order valence-corrected chi connectivity index (χ3v) is 3.98. The van der Waals surface area contributed by atoms with Gasteiger partial charge in [-0.1, -0.05) is 0 Å². The van der Waals surface area contributed by atoms with Crippen molar-refractivity contribution in [3.8, 4) is 0 Å². The molecule has 0 heterocycles. The van der Waals surface area contributed by atoms with E-state index in [2.05, 4.69) is 10.5 Å². The first-order valence-electron chi connectivity index (χ1n) is 5.21. The van der Waals surface area contributed by atoms with E-state index in [1.54, 1.807) is 14.2 Å². The third-order valence-electron chi connectivity index (χ3n) is 3.38. The minimum atomic E-state index is -0.676. The molecule has 0 aromatic heterocycles. The molecule has 1 aliphatic carbocycles. The first-order chi connectivity index (χ1) is 7.20. The molecule has 1 rings (SSSR count). The van der Waals surface area contributed by atoms with Gasteiger partial charge in [-0.2, -0.15) is 0 Å². The molecule has 2 unspecified atom stereocenters. The van der Waals surface area contributed by atoms with Gasteiger partial charge >= 0.3 is 0 Å². The van der Waals surface area contributed by atoms with E-state index >= 15 is 0 Å². The predicted octanol–water partition coefficient (Wildman–Crippen LogP) is 2.02. The van der Waals surface area contributed by atoms with E-state index in [4.69, 9.17) is 25.5 Å². The van der Waals surface area contributed by atoms with Gasteiger partial charge in [0.1, 0.15) is 5.60 Å². The van der Waals surface area contributed by atoms with Gasteiger partial charge in [-0.3, -0.25) is 0 Å². The van der Waals surface area contributed by atoms with Crippen LogP contribution < -0.4 is 0 Å². The van der Waals surface area contributed by atoms with E-state index in [1.807, 2.05) is 0 Å². The molecule has 0 bridgehead atoms. The standard InChI is InChI=1S/C10H18ClO3Si/c1-12-9(6-4-8-11)5-3-7-10(9,13-2)14-15/h3-8H2,1-2H3. The van der Waals surface area contributed by atoms with Gasteiger partial charge in [-0.25, -0.2) is 0 Å². The lowest BCUT2D eigenvalue weighted by Gasteiger charge is -2.43. The number of halogens is 1. The lowest BCUT2D eigenvalue weighted by atomic mass is 9.90. The summed E-state index contributed by atoms with van der Waals surface area (Å²) in [5.74, 6) is -0.0443. The highest BCUT2D eigenvalue weighted by atomic mass is 35.5. The molecular weight excluding hydrogens is 232 g/mol. The fourth-order valence-electron chi connectivity index (χ4n) is 2.53. The Labute approximate surface area is 100.0 Å². The van der Waals surface area contributed by atoms with Crippen molar-refractivity contribution in [1.29, 1.82) is 0 Å². The molecule has 1 saturated carbocycles. The Morgan fingerprint density at radius 1 is 1.27 bits per heavy atom. The number of hydrogen-bond donors (Lipinski definition) is 0. The minimum absolute atomic E-state index is 0.377. The molecule has 87 valence electrons. The van der Waals surface area contributed by atoms with E-state index in [1.165, 1.54) is 0 Å². The maximum Gasteiger partial charge on any atom is 0.250 e. The highest BCUT2D eigenvalue weighted by Gasteiger charge is 2.56. The van der Waals surface area contributed by atoms with Crippen LogP contribution in [0.15, 0.2) is 0 Å². The van der Waals surface area contributed by atoms with Crippen LogP contribution in [0.4, 0.5) is 0 Å². The second-order valence-electron chi connectivity index (χ2n) is 3.90. The highest BCUT2D eigenvalue weighted by molar-refractivity contribution is 6.17. The number of ether oxygens (including phenoxy) is 2. The Hall–Kier alpha value is 0.387. The lowest BCUT2D eigenvalue weighted by Crippen LogP contribution is -2.54.